The van der Waals surface area contributed by atoms with E-state index in [-0.39, 0.29) is 5.60 Å². The van der Waals surface area contributed by atoms with Gasteiger partial charge >= 0.3 is 0 Å². The predicted octanol–water partition coefficient (Wildman–Crippen LogP) is 3.63. The van der Waals surface area contributed by atoms with Crippen LogP contribution in [-0.2, 0) is 5.60 Å². The molecule has 2 aromatic carbocycles. The third-order valence-electron chi connectivity index (χ3n) is 3.97. The zero-order valence-electron chi connectivity index (χ0n) is 10.4. The Kier molecular flexibility index (Phi) is 1.71. The van der Waals surface area contributed by atoms with E-state index >= 15 is 0 Å². The number of fused-ring (bicyclic) bond motifs is 4. The maximum absolute atomic E-state index is 6.21. The molecule has 1 saturated carbocycles. The Balaban J connectivity index is 2.02. The number of nitrogen functional groups attached to an aromatic ring is 1. The van der Waals surface area contributed by atoms with Gasteiger partial charge in [0.2, 0.25) is 0 Å². The molecular weight excluding hydrogens is 222 g/mol. The lowest BCUT2D eigenvalue weighted by Gasteiger charge is -2.29. The number of hydrogen-bond donors (Lipinski definition) is 1. The van der Waals surface area contributed by atoms with Crippen molar-refractivity contribution in [3.8, 4) is 16.9 Å². The van der Waals surface area contributed by atoms with Crippen LogP contribution in [0.3, 0.4) is 0 Å². The summed E-state index contributed by atoms with van der Waals surface area (Å²) in [7, 11) is 0. The van der Waals surface area contributed by atoms with Crippen LogP contribution in [0.25, 0.3) is 11.1 Å². The van der Waals surface area contributed by atoms with Gasteiger partial charge < -0.3 is 10.5 Å². The molecule has 0 amide bonds. The number of anilines is 1. The summed E-state index contributed by atoms with van der Waals surface area (Å²) < 4.78 is 6.21. The van der Waals surface area contributed by atoms with Gasteiger partial charge in [0.1, 0.15) is 11.4 Å². The largest absolute Gasteiger partial charge is 0.482 e. The summed E-state index contributed by atoms with van der Waals surface area (Å²) in [5.74, 6) is 0.934. The van der Waals surface area contributed by atoms with Crippen molar-refractivity contribution < 1.29 is 4.74 Å². The fourth-order valence-corrected chi connectivity index (χ4v) is 2.87. The lowest BCUT2D eigenvalue weighted by atomic mass is 9.90. The first kappa shape index (κ1) is 10.0. The van der Waals surface area contributed by atoms with Gasteiger partial charge in [0, 0.05) is 22.9 Å². The van der Waals surface area contributed by atoms with Gasteiger partial charge in [0.25, 0.3) is 0 Å². The minimum absolute atomic E-state index is 0.0673. The van der Waals surface area contributed by atoms with Crippen LogP contribution in [0.15, 0.2) is 36.4 Å². The van der Waals surface area contributed by atoms with Crippen LogP contribution in [0.2, 0.25) is 0 Å². The van der Waals surface area contributed by atoms with Crippen LogP contribution >= 0.6 is 0 Å². The highest BCUT2D eigenvalue weighted by Crippen LogP contribution is 2.57. The van der Waals surface area contributed by atoms with Crippen molar-refractivity contribution >= 4 is 5.69 Å². The van der Waals surface area contributed by atoms with Crippen molar-refractivity contribution in [1.82, 2.24) is 0 Å². The molecule has 0 unspecified atom stereocenters. The van der Waals surface area contributed by atoms with Gasteiger partial charge in [0.15, 0.2) is 0 Å². The Labute approximate surface area is 106 Å². The van der Waals surface area contributed by atoms with E-state index in [0.717, 1.165) is 29.8 Å². The molecule has 1 fully saturated rings. The summed E-state index contributed by atoms with van der Waals surface area (Å²) in [5.41, 5.74) is 11.7. The number of aryl methyl sites for hydroxylation is 1. The van der Waals surface area contributed by atoms with Crippen LogP contribution in [0.1, 0.15) is 24.0 Å². The average molecular weight is 237 g/mol. The Morgan fingerprint density at radius 3 is 2.61 bits per heavy atom. The Bertz CT molecular complexity index is 656. The topological polar surface area (TPSA) is 35.2 Å². The quantitative estimate of drug-likeness (QED) is 0.710. The molecule has 0 bridgehead atoms. The molecule has 0 saturated heterocycles. The average Bonchev–Trinajstić information content (AvgIpc) is 3.10. The molecular formula is C16H15NO. The highest BCUT2D eigenvalue weighted by atomic mass is 16.5. The van der Waals surface area contributed by atoms with E-state index in [9.17, 15) is 0 Å². The number of ether oxygens (including phenoxy) is 1. The molecule has 2 N–H and O–H groups in total. The Morgan fingerprint density at radius 2 is 1.83 bits per heavy atom. The molecule has 0 aromatic heterocycles. The minimum atomic E-state index is -0.0673. The van der Waals surface area contributed by atoms with E-state index in [4.69, 9.17) is 10.5 Å². The number of hydrogen-bond acceptors (Lipinski definition) is 2. The molecule has 90 valence electrons. The van der Waals surface area contributed by atoms with Gasteiger partial charge in [-0.05, 0) is 37.5 Å². The molecule has 4 rings (SSSR count). The molecule has 1 aliphatic carbocycles. The van der Waals surface area contributed by atoms with E-state index in [1.807, 2.05) is 12.1 Å². The summed E-state index contributed by atoms with van der Waals surface area (Å²) in [6.45, 7) is 2.13. The molecule has 1 aliphatic heterocycles. The fourth-order valence-electron chi connectivity index (χ4n) is 2.87. The first-order valence-corrected chi connectivity index (χ1v) is 6.38. The highest BCUT2D eigenvalue weighted by molar-refractivity contribution is 5.79. The van der Waals surface area contributed by atoms with Gasteiger partial charge in [0.05, 0.1) is 0 Å². The molecule has 18 heavy (non-hydrogen) atoms. The summed E-state index contributed by atoms with van der Waals surface area (Å²) in [6, 6.07) is 12.6. The second kappa shape index (κ2) is 3.08. The highest BCUT2D eigenvalue weighted by Gasteiger charge is 2.51. The van der Waals surface area contributed by atoms with Crippen molar-refractivity contribution in [3.05, 3.63) is 47.5 Å². The lowest BCUT2D eigenvalue weighted by Crippen LogP contribution is -2.21. The second-order valence-electron chi connectivity index (χ2n) is 5.40. The number of rotatable bonds is 0. The van der Waals surface area contributed by atoms with Crippen LogP contribution in [-0.4, -0.2) is 0 Å². The molecule has 2 nitrogen and oxygen atoms in total. The molecule has 0 radical (unpaired) electrons. The standard InChI is InChI=1S/C16H15NO/c1-10-2-4-12-13-5-3-11(17)9-15(13)18-16(6-7-16)14(12)8-10/h2-5,8-9H,6-7,17H2,1H3. The van der Waals surface area contributed by atoms with E-state index in [0.29, 0.717) is 0 Å². The first-order chi connectivity index (χ1) is 8.68. The number of benzene rings is 2. The normalized spacial score (nSPS) is 17.8. The van der Waals surface area contributed by atoms with Crippen LogP contribution < -0.4 is 10.5 Å². The third-order valence-corrected chi connectivity index (χ3v) is 3.97. The monoisotopic (exact) mass is 237 g/mol. The zero-order chi connectivity index (χ0) is 12.3. The molecule has 1 heterocycles. The van der Waals surface area contributed by atoms with Crippen LogP contribution in [0.4, 0.5) is 5.69 Å². The van der Waals surface area contributed by atoms with E-state index in [2.05, 4.69) is 31.2 Å². The number of nitrogens with two attached hydrogens (primary N) is 1. The first-order valence-electron chi connectivity index (χ1n) is 6.38. The predicted molar refractivity (Wildman–Crippen MR) is 72.6 cm³/mol. The van der Waals surface area contributed by atoms with Gasteiger partial charge in [-0.2, -0.15) is 0 Å². The van der Waals surface area contributed by atoms with Crippen molar-refractivity contribution in [2.24, 2.45) is 0 Å². The minimum Gasteiger partial charge on any atom is -0.482 e. The van der Waals surface area contributed by atoms with E-state index in [1.165, 1.54) is 16.7 Å². The smallest absolute Gasteiger partial charge is 0.135 e. The van der Waals surface area contributed by atoms with Crippen molar-refractivity contribution in [2.75, 3.05) is 5.73 Å². The van der Waals surface area contributed by atoms with E-state index in [1.54, 1.807) is 0 Å². The Hall–Kier alpha value is -1.96. The molecule has 2 aromatic rings. The van der Waals surface area contributed by atoms with Crippen molar-refractivity contribution in [2.45, 2.75) is 25.4 Å². The van der Waals surface area contributed by atoms with Gasteiger partial charge in [-0.15, -0.1) is 0 Å². The maximum Gasteiger partial charge on any atom is 0.135 e. The molecule has 2 aliphatic rings. The third kappa shape index (κ3) is 1.23. The summed E-state index contributed by atoms with van der Waals surface area (Å²) >= 11 is 0. The SMILES string of the molecule is Cc1ccc2c(c1)C1(CC1)Oc1cc(N)ccc1-2. The lowest BCUT2D eigenvalue weighted by molar-refractivity contribution is 0.177. The van der Waals surface area contributed by atoms with Gasteiger partial charge in [-0.1, -0.05) is 23.8 Å². The van der Waals surface area contributed by atoms with Crippen LogP contribution in [0.5, 0.6) is 5.75 Å². The van der Waals surface area contributed by atoms with Crippen molar-refractivity contribution in [3.63, 3.8) is 0 Å². The second-order valence-corrected chi connectivity index (χ2v) is 5.40. The van der Waals surface area contributed by atoms with Crippen molar-refractivity contribution in [1.29, 1.82) is 0 Å². The fraction of sp³-hybridized carbons (Fsp3) is 0.250. The molecule has 0 atom stereocenters. The van der Waals surface area contributed by atoms with Crippen LogP contribution in [0, 0.1) is 6.92 Å². The van der Waals surface area contributed by atoms with Gasteiger partial charge in [-0.3, -0.25) is 0 Å². The summed E-state index contributed by atoms with van der Waals surface area (Å²) in [4.78, 5) is 0. The Morgan fingerprint density at radius 1 is 1.06 bits per heavy atom. The summed E-state index contributed by atoms with van der Waals surface area (Å²) in [5, 5.41) is 0. The van der Waals surface area contributed by atoms with E-state index < -0.39 is 0 Å². The van der Waals surface area contributed by atoms with Gasteiger partial charge in [-0.25, -0.2) is 0 Å². The summed E-state index contributed by atoms with van der Waals surface area (Å²) in [6.07, 6.45) is 2.22. The molecule has 2 heteroatoms. The zero-order valence-corrected chi connectivity index (χ0v) is 10.4. The molecule has 1 spiro atoms. The maximum atomic E-state index is 6.21.